The third-order valence-electron chi connectivity index (χ3n) is 9.45. The van der Waals surface area contributed by atoms with Crippen LogP contribution in [0.25, 0.3) is 10.9 Å². The highest BCUT2D eigenvalue weighted by Gasteiger charge is 2.42. The minimum Gasteiger partial charge on any atom is -0.469 e. The molecule has 1 N–H and O–H groups in total. The number of nitrogens with one attached hydrogen (secondary N) is 1. The summed E-state index contributed by atoms with van der Waals surface area (Å²) in [7, 11) is 3.14. The van der Waals surface area contributed by atoms with Crippen LogP contribution < -0.4 is 5.32 Å². The molecule has 0 unspecified atom stereocenters. The van der Waals surface area contributed by atoms with Gasteiger partial charge >= 0.3 is 12.1 Å². The summed E-state index contributed by atoms with van der Waals surface area (Å²) in [4.78, 5) is 49.4. The summed E-state index contributed by atoms with van der Waals surface area (Å²) in [5.74, 6) is -1.90. The molecule has 4 heterocycles. The fourth-order valence-electron chi connectivity index (χ4n) is 6.84. The van der Waals surface area contributed by atoms with Crippen molar-refractivity contribution in [3.05, 3.63) is 80.6 Å². The number of thiazole rings is 1. The van der Waals surface area contributed by atoms with Crippen molar-refractivity contribution in [3.63, 3.8) is 0 Å². The lowest BCUT2D eigenvalue weighted by atomic mass is 10.1. The molecular weight excluding hydrogens is 712 g/mol. The Kier molecular flexibility index (Phi) is 11.0. The number of aryl methyl sites for hydroxylation is 2. The van der Waals surface area contributed by atoms with Crippen LogP contribution in [0.2, 0.25) is 5.02 Å². The summed E-state index contributed by atoms with van der Waals surface area (Å²) in [6, 6.07) is 9.24. The fraction of sp³-hybridized carbons (Fsp3) is 0.429. The van der Waals surface area contributed by atoms with Crippen molar-refractivity contribution in [2.24, 2.45) is 7.05 Å². The number of esters is 1. The van der Waals surface area contributed by atoms with E-state index in [0.29, 0.717) is 36.5 Å². The highest BCUT2D eigenvalue weighted by molar-refractivity contribution is 7.11. The number of carbonyl (C=O) groups is 3. The van der Waals surface area contributed by atoms with Crippen LogP contribution in [0, 0.1) is 5.82 Å². The number of alkyl halides is 3. The van der Waals surface area contributed by atoms with E-state index in [-0.39, 0.29) is 66.7 Å². The average molecular weight is 749 g/mol. The van der Waals surface area contributed by atoms with Crippen molar-refractivity contribution < 1.29 is 36.7 Å². The zero-order valence-corrected chi connectivity index (χ0v) is 29.6. The molecule has 0 bridgehead atoms. The van der Waals surface area contributed by atoms with Crippen LogP contribution in [0.1, 0.15) is 44.7 Å². The average Bonchev–Trinajstić information content (AvgIpc) is 3.83. The van der Waals surface area contributed by atoms with Gasteiger partial charge in [-0.1, -0.05) is 29.8 Å². The topological polar surface area (TPSA) is 100 Å². The number of para-hydroxylation sites is 1. The second kappa shape index (κ2) is 15.3. The molecule has 2 saturated heterocycles. The Hall–Kier alpha value is -4.05. The van der Waals surface area contributed by atoms with Crippen molar-refractivity contribution in [3.8, 4) is 0 Å². The molecular formula is C35H37ClF4N6O4S. The second-order valence-corrected chi connectivity index (χ2v) is 14.4. The molecule has 2 atom stereocenters. The number of anilines is 1. The third kappa shape index (κ3) is 8.54. The number of hydrogen-bond donors (Lipinski definition) is 1. The highest BCUT2D eigenvalue weighted by Crippen LogP contribution is 2.38. The summed E-state index contributed by atoms with van der Waals surface area (Å²) in [5, 5.41) is 4.15. The molecule has 2 aromatic carbocycles. The van der Waals surface area contributed by atoms with Crippen LogP contribution in [0.5, 0.6) is 0 Å². The largest absolute Gasteiger partial charge is 0.469 e. The standard InChI is InChI=1S/C35H37ClF4N6O4S/c1-43-19-25(24-5-3-4-6-29(24)43)33(49)42-28-16-27(37)21(13-26(28)36)14-31(47)46-18-22(45-11-9-44(10-12-45)20-35(38,39)40)15-30(46)34-41-17-23(51-34)7-8-32(48)50-2/h3-6,13,16-17,19,22,30H,7-12,14-15,18,20H2,1-2H3,(H,42,49)/t22-,30-/m0/s1. The van der Waals surface area contributed by atoms with Crippen molar-refractivity contribution in [1.29, 1.82) is 0 Å². The number of aromatic nitrogens is 2. The van der Waals surface area contributed by atoms with Gasteiger partial charge in [-0.15, -0.1) is 11.3 Å². The van der Waals surface area contributed by atoms with E-state index in [1.165, 1.54) is 29.4 Å². The Labute approximate surface area is 300 Å². The zero-order chi connectivity index (χ0) is 36.4. The smallest absolute Gasteiger partial charge is 0.401 e. The number of amides is 2. The second-order valence-electron chi connectivity index (χ2n) is 12.8. The lowest BCUT2D eigenvalue weighted by Gasteiger charge is -2.38. The summed E-state index contributed by atoms with van der Waals surface area (Å²) >= 11 is 7.91. The number of ether oxygens (including phenoxy) is 1. The van der Waals surface area contributed by atoms with Gasteiger partial charge in [0.05, 0.1) is 48.8 Å². The summed E-state index contributed by atoms with van der Waals surface area (Å²) in [6.45, 7) is 0.634. The molecule has 16 heteroatoms. The van der Waals surface area contributed by atoms with Gasteiger partial charge in [0.2, 0.25) is 5.91 Å². The van der Waals surface area contributed by atoms with E-state index in [2.05, 4.69) is 15.2 Å². The Bertz CT molecular complexity index is 1930. The van der Waals surface area contributed by atoms with E-state index in [0.717, 1.165) is 21.8 Å². The molecule has 0 radical (unpaired) electrons. The maximum atomic E-state index is 15.6. The first kappa shape index (κ1) is 36.7. The molecule has 2 aromatic heterocycles. The lowest BCUT2D eigenvalue weighted by Crippen LogP contribution is -2.52. The van der Waals surface area contributed by atoms with Gasteiger partial charge in [0, 0.05) is 74.0 Å². The van der Waals surface area contributed by atoms with Gasteiger partial charge in [-0.05, 0) is 36.6 Å². The molecule has 272 valence electrons. The number of benzene rings is 2. The van der Waals surface area contributed by atoms with Gasteiger partial charge in [0.1, 0.15) is 10.8 Å². The third-order valence-corrected chi connectivity index (χ3v) is 10.9. The van der Waals surface area contributed by atoms with Gasteiger partial charge in [-0.3, -0.25) is 24.2 Å². The molecule has 2 aliphatic rings. The monoisotopic (exact) mass is 748 g/mol. The van der Waals surface area contributed by atoms with Crippen molar-refractivity contribution in [2.75, 3.05) is 51.7 Å². The Morgan fingerprint density at radius 3 is 2.59 bits per heavy atom. The first-order valence-corrected chi connectivity index (χ1v) is 17.7. The maximum absolute atomic E-state index is 15.6. The SMILES string of the molecule is COC(=O)CCc1cnc([C@@H]2C[C@H](N3CCN(CC(F)(F)F)CC3)CN2C(=O)Cc2cc(Cl)c(NC(=O)c3cn(C)c4ccccc34)cc2F)s1. The molecule has 6 rings (SSSR count). The van der Waals surface area contributed by atoms with Crippen molar-refractivity contribution in [1.82, 2.24) is 24.3 Å². The molecule has 0 saturated carbocycles. The van der Waals surface area contributed by atoms with E-state index in [1.807, 2.05) is 35.9 Å². The minimum atomic E-state index is -4.28. The van der Waals surface area contributed by atoms with Crippen LogP contribution >= 0.6 is 22.9 Å². The lowest BCUT2D eigenvalue weighted by molar-refractivity contribution is -0.150. The Morgan fingerprint density at radius 1 is 1.12 bits per heavy atom. The normalized spacial score (nSPS) is 18.8. The van der Waals surface area contributed by atoms with Crippen molar-refractivity contribution in [2.45, 2.75) is 43.9 Å². The highest BCUT2D eigenvalue weighted by atomic mass is 35.5. The molecule has 2 aliphatic heterocycles. The van der Waals surface area contributed by atoms with E-state index in [1.54, 1.807) is 17.3 Å². The number of likely N-dealkylation sites (tertiary alicyclic amines) is 1. The molecule has 0 spiro atoms. The number of hydrogen-bond acceptors (Lipinski definition) is 8. The Morgan fingerprint density at radius 2 is 1.86 bits per heavy atom. The number of methoxy groups -OCH3 is 1. The van der Waals surface area contributed by atoms with Crippen LogP contribution in [-0.2, 0) is 34.2 Å². The summed E-state index contributed by atoms with van der Waals surface area (Å²) in [6.07, 6.45) is -0.149. The van der Waals surface area contributed by atoms with Crippen LogP contribution in [-0.4, -0.2) is 101 Å². The fourth-order valence-corrected chi connectivity index (χ4v) is 8.12. The van der Waals surface area contributed by atoms with Crippen LogP contribution in [0.4, 0.5) is 23.2 Å². The predicted octanol–water partition coefficient (Wildman–Crippen LogP) is 5.85. The zero-order valence-electron chi connectivity index (χ0n) is 28.0. The first-order chi connectivity index (χ1) is 24.3. The summed E-state index contributed by atoms with van der Waals surface area (Å²) < 4.78 is 61.1. The van der Waals surface area contributed by atoms with Gasteiger partial charge < -0.3 is 19.5 Å². The molecule has 4 aromatic rings. The number of fused-ring (bicyclic) bond motifs is 1. The van der Waals surface area contributed by atoms with Crippen LogP contribution in [0.15, 0.2) is 48.8 Å². The maximum Gasteiger partial charge on any atom is 0.401 e. The van der Waals surface area contributed by atoms with E-state index >= 15 is 4.39 Å². The molecule has 10 nitrogen and oxygen atoms in total. The van der Waals surface area contributed by atoms with Crippen molar-refractivity contribution >= 4 is 57.3 Å². The van der Waals surface area contributed by atoms with E-state index in [4.69, 9.17) is 16.3 Å². The van der Waals surface area contributed by atoms with Crippen LogP contribution in [0.3, 0.4) is 0 Å². The van der Waals surface area contributed by atoms with E-state index in [9.17, 15) is 27.6 Å². The van der Waals surface area contributed by atoms with Gasteiger partial charge in [-0.25, -0.2) is 9.37 Å². The predicted molar refractivity (Wildman–Crippen MR) is 185 cm³/mol. The molecule has 2 amide bonds. The molecule has 51 heavy (non-hydrogen) atoms. The number of halogens is 5. The Balaban J connectivity index is 1.18. The number of carbonyl (C=O) groups excluding carboxylic acids is 3. The number of nitrogens with zero attached hydrogens (tertiary/aromatic N) is 5. The van der Waals surface area contributed by atoms with Gasteiger partial charge in [0.25, 0.3) is 5.91 Å². The first-order valence-electron chi connectivity index (χ1n) is 16.5. The van der Waals surface area contributed by atoms with Gasteiger partial charge in [0.15, 0.2) is 0 Å². The summed E-state index contributed by atoms with van der Waals surface area (Å²) in [5.41, 5.74) is 1.37. The minimum absolute atomic E-state index is 0.0500. The number of piperazine rings is 1. The molecule has 0 aliphatic carbocycles. The molecule has 2 fully saturated rings. The quantitative estimate of drug-likeness (QED) is 0.161. The van der Waals surface area contributed by atoms with E-state index < -0.39 is 30.5 Å². The number of rotatable bonds is 10. The van der Waals surface area contributed by atoms with Gasteiger partial charge in [-0.2, -0.15) is 13.2 Å².